The van der Waals surface area contributed by atoms with Crippen LogP contribution in [0.1, 0.15) is 51.9 Å². The molecule has 0 spiro atoms. The Morgan fingerprint density at radius 2 is 1.80 bits per heavy atom. The van der Waals surface area contributed by atoms with Gasteiger partial charge in [-0.1, -0.05) is 19.3 Å². The van der Waals surface area contributed by atoms with Crippen LogP contribution in [0.15, 0.2) is 0 Å². The van der Waals surface area contributed by atoms with Crippen molar-refractivity contribution < 1.29 is 14.7 Å². The molecule has 5 nitrogen and oxygen atoms in total. The van der Waals surface area contributed by atoms with E-state index < -0.39 is 11.5 Å². The first-order valence-corrected chi connectivity index (χ1v) is 7.70. The van der Waals surface area contributed by atoms with Crippen LogP contribution in [0.25, 0.3) is 0 Å². The molecule has 20 heavy (non-hydrogen) atoms. The molecule has 0 aromatic rings. The molecule has 114 valence electrons. The summed E-state index contributed by atoms with van der Waals surface area (Å²) in [6.45, 7) is 2.35. The Labute approximate surface area is 120 Å². The van der Waals surface area contributed by atoms with Crippen molar-refractivity contribution in [3.63, 3.8) is 0 Å². The van der Waals surface area contributed by atoms with Gasteiger partial charge in [0, 0.05) is 13.6 Å². The lowest BCUT2D eigenvalue weighted by Crippen LogP contribution is -2.57. The maximum Gasteiger partial charge on any atom is 0.329 e. The van der Waals surface area contributed by atoms with Gasteiger partial charge in [0.15, 0.2) is 0 Å². The Balaban J connectivity index is 1.87. The van der Waals surface area contributed by atoms with E-state index in [4.69, 9.17) is 0 Å². The van der Waals surface area contributed by atoms with Gasteiger partial charge < -0.3 is 15.3 Å². The Morgan fingerprint density at radius 3 is 2.30 bits per heavy atom. The van der Waals surface area contributed by atoms with Crippen molar-refractivity contribution in [2.75, 3.05) is 13.6 Å². The van der Waals surface area contributed by atoms with Gasteiger partial charge in [-0.3, -0.25) is 0 Å². The average molecular weight is 282 g/mol. The fourth-order valence-corrected chi connectivity index (χ4v) is 3.15. The molecule has 1 unspecified atom stereocenters. The Morgan fingerprint density at radius 1 is 1.20 bits per heavy atom. The molecule has 2 aliphatic carbocycles. The molecule has 1 atom stereocenters. The maximum absolute atomic E-state index is 12.2. The Kier molecular flexibility index (Phi) is 4.55. The summed E-state index contributed by atoms with van der Waals surface area (Å²) >= 11 is 0. The SMILES string of the molecule is CN(CC1CCCCC1)C(=O)NC(C)(C(=O)O)C1CC1. The third-order valence-electron chi connectivity index (χ3n) is 4.81. The van der Waals surface area contributed by atoms with E-state index >= 15 is 0 Å². The molecule has 2 saturated carbocycles. The summed E-state index contributed by atoms with van der Waals surface area (Å²) in [4.78, 5) is 25.3. The molecule has 0 heterocycles. The van der Waals surface area contributed by atoms with Crippen molar-refractivity contribution in [2.24, 2.45) is 11.8 Å². The van der Waals surface area contributed by atoms with E-state index in [2.05, 4.69) is 5.32 Å². The quantitative estimate of drug-likeness (QED) is 0.813. The summed E-state index contributed by atoms with van der Waals surface area (Å²) in [5, 5.41) is 12.1. The minimum Gasteiger partial charge on any atom is -0.480 e. The lowest BCUT2D eigenvalue weighted by Gasteiger charge is -2.31. The largest absolute Gasteiger partial charge is 0.480 e. The summed E-state index contributed by atoms with van der Waals surface area (Å²) in [6, 6.07) is -0.257. The van der Waals surface area contributed by atoms with Crippen molar-refractivity contribution in [2.45, 2.75) is 57.4 Å². The fourth-order valence-electron chi connectivity index (χ4n) is 3.15. The molecule has 2 rings (SSSR count). The minimum absolute atomic E-state index is 0.0760. The van der Waals surface area contributed by atoms with E-state index in [0.29, 0.717) is 5.92 Å². The van der Waals surface area contributed by atoms with Gasteiger partial charge in [-0.05, 0) is 44.4 Å². The van der Waals surface area contributed by atoms with E-state index in [1.165, 1.54) is 32.1 Å². The number of nitrogens with one attached hydrogen (secondary N) is 1. The molecule has 5 heteroatoms. The molecule has 0 radical (unpaired) electrons. The number of amides is 2. The highest BCUT2D eigenvalue weighted by molar-refractivity contribution is 5.86. The zero-order valence-corrected chi connectivity index (χ0v) is 12.5. The highest BCUT2D eigenvalue weighted by Crippen LogP contribution is 2.39. The zero-order valence-electron chi connectivity index (χ0n) is 12.5. The molecule has 0 aromatic heterocycles. The molecule has 2 N–H and O–H groups in total. The smallest absolute Gasteiger partial charge is 0.329 e. The second kappa shape index (κ2) is 6.02. The number of aliphatic carboxylic acids is 1. The van der Waals surface area contributed by atoms with E-state index in [1.807, 2.05) is 0 Å². The lowest BCUT2D eigenvalue weighted by molar-refractivity contribution is -0.144. The lowest BCUT2D eigenvalue weighted by atomic mass is 9.89. The Bertz CT molecular complexity index is 375. The zero-order chi connectivity index (χ0) is 14.8. The highest BCUT2D eigenvalue weighted by Gasteiger charge is 2.49. The van der Waals surface area contributed by atoms with E-state index in [1.54, 1.807) is 18.9 Å². The van der Waals surface area contributed by atoms with Gasteiger partial charge in [0.25, 0.3) is 0 Å². The molecule has 0 saturated heterocycles. The van der Waals surface area contributed by atoms with Crippen LogP contribution in [0.3, 0.4) is 0 Å². The van der Waals surface area contributed by atoms with Crippen molar-refractivity contribution in [3.8, 4) is 0 Å². The molecule has 0 aliphatic heterocycles. The normalized spacial score (nSPS) is 22.9. The highest BCUT2D eigenvalue weighted by atomic mass is 16.4. The molecular weight excluding hydrogens is 256 g/mol. The minimum atomic E-state index is -1.11. The Hall–Kier alpha value is -1.26. The van der Waals surface area contributed by atoms with Gasteiger partial charge in [-0.2, -0.15) is 0 Å². The van der Waals surface area contributed by atoms with Gasteiger partial charge >= 0.3 is 12.0 Å². The number of carboxylic acids is 1. The number of nitrogens with zero attached hydrogens (tertiary/aromatic N) is 1. The monoisotopic (exact) mass is 282 g/mol. The first-order valence-electron chi connectivity index (χ1n) is 7.70. The van der Waals surface area contributed by atoms with Crippen molar-refractivity contribution in [1.82, 2.24) is 10.2 Å². The third-order valence-corrected chi connectivity index (χ3v) is 4.81. The first kappa shape index (κ1) is 15.1. The molecule has 2 amide bonds. The summed E-state index contributed by atoms with van der Waals surface area (Å²) in [5.41, 5.74) is -1.11. The van der Waals surface area contributed by atoms with Crippen LogP contribution in [0, 0.1) is 11.8 Å². The first-order chi connectivity index (χ1) is 9.43. The van der Waals surface area contributed by atoms with Crippen LogP contribution in [-0.2, 0) is 4.79 Å². The van der Waals surface area contributed by atoms with Gasteiger partial charge in [-0.25, -0.2) is 9.59 Å². The third kappa shape index (κ3) is 3.44. The standard InChI is InChI=1S/C15H26N2O3/c1-15(13(18)19,12-8-9-12)16-14(20)17(2)10-11-6-4-3-5-7-11/h11-12H,3-10H2,1-2H3,(H,16,20)(H,18,19). The maximum atomic E-state index is 12.2. The number of carbonyl (C=O) groups is 2. The number of hydrogen-bond acceptors (Lipinski definition) is 2. The van der Waals surface area contributed by atoms with Crippen LogP contribution in [0.4, 0.5) is 4.79 Å². The molecule has 0 bridgehead atoms. The molecular formula is C15H26N2O3. The number of rotatable bonds is 5. The van der Waals surface area contributed by atoms with Crippen molar-refractivity contribution in [1.29, 1.82) is 0 Å². The van der Waals surface area contributed by atoms with Crippen LogP contribution in [-0.4, -0.2) is 41.1 Å². The van der Waals surface area contributed by atoms with E-state index in [9.17, 15) is 14.7 Å². The fraction of sp³-hybridized carbons (Fsp3) is 0.867. The second-order valence-electron chi connectivity index (χ2n) is 6.60. The van der Waals surface area contributed by atoms with Crippen LogP contribution in [0.2, 0.25) is 0 Å². The van der Waals surface area contributed by atoms with Gasteiger partial charge in [-0.15, -0.1) is 0 Å². The van der Waals surface area contributed by atoms with Crippen LogP contribution >= 0.6 is 0 Å². The summed E-state index contributed by atoms with van der Waals surface area (Å²) in [6.07, 6.45) is 7.91. The summed E-state index contributed by atoms with van der Waals surface area (Å²) in [5.74, 6) is -0.289. The number of urea groups is 1. The van der Waals surface area contributed by atoms with Crippen LogP contribution < -0.4 is 5.32 Å². The average Bonchev–Trinajstić information content (AvgIpc) is 3.24. The predicted octanol–water partition coefficient (Wildman–Crippen LogP) is 2.46. The second-order valence-corrected chi connectivity index (χ2v) is 6.60. The number of carboxylic acid groups (broad SMARTS) is 1. The van der Waals surface area contributed by atoms with Crippen molar-refractivity contribution >= 4 is 12.0 Å². The molecule has 2 fully saturated rings. The summed E-state index contributed by atoms with van der Waals surface area (Å²) in [7, 11) is 1.76. The van der Waals surface area contributed by atoms with Gasteiger partial charge in [0.05, 0.1) is 0 Å². The molecule has 0 aromatic carbocycles. The number of hydrogen-bond donors (Lipinski definition) is 2. The number of carbonyl (C=O) groups excluding carboxylic acids is 1. The van der Waals surface area contributed by atoms with Crippen molar-refractivity contribution in [3.05, 3.63) is 0 Å². The van der Waals surface area contributed by atoms with Gasteiger partial charge in [0.2, 0.25) is 0 Å². The van der Waals surface area contributed by atoms with Gasteiger partial charge in [0.1, 0.15) is 5.54 Å². The molecule has 2 aliphatic rings. The topological polar surface area (TPSA) is 69.6 Å². The van der Waals surface area contributed by atoms with Crippen LogP contribution in [0.5, 0.6) is 0 Å². The predicted molar refractivity (Wildman–Crippen MR) is 76.5 cm³/mol. The van der Waals surface area contributed by atoms with E-state index in [0.717, 1.165) is 19.4 Å². The van der Waals surface area contributed by atoms with E-state index in [-0.39, 0.29) is 11.9 Å². The summed E-state index contributed by atoms with van der Waals surface area (Å²) < 4.78 is 0.